The van der Waals surface area contributed by atoms with Gasteiger partial charge in [0.2, 0.25) is 5.91 Å². The third-order valence-corrected chi connectivity index (χ3v) is 4.11. The number of amides is 1. The number of aliphatic hydroxyl groups excluding tert-OH is 1. The highest BCUT2D eigenvalue weighted by Crippen LogP contribution is 2.23. The van der Waals surface area contributed by atoms with Crippen LogP contribution in [0.3, 0.4) is 0 Å². The van der Waals surface area contributed by atoms with E-state index in [2.05, 4.69) is 10.3 Å². The summed E-state index contributed by atoms with van der Waals surface area (Å²) in [7, 11) is 0. The third-order valence-electron chi connectivity index (χ3n) is 3.86. The van der Waals surface area contributed by atoms with Crippen molar-refractivity contribution in [1.82, 2.24) is 10.3 Å². The highest BCUT2D eigenvalue weighted by atomic mass is 35.5. The monoisotopic (exact) mass is 364 g/mol. The van der Waals surface area contributed by atoms with Crippen LogP contribution in [0.4, 0.5) is 0 Å². The molecule has 2 aromatic rings. The number of hydrogen-bond donors (Lipinski definition) is 2. The summed E-state index contributed by atoms with van der Waals surface area (Å²) in [4.78, 5) is 16.2. The molecular formula is C19H25ClN2O3. The first-order valence-electron chi connectivity index (χ1n) is 8.40. The lowest BCUT2D eigenvalue weighted by Gasteiger charge is -2.26. The minimum absolute atomic E-state index is 0.0510. The van der Waals surface area contributed by atoms with Crippen molar-refractivity contribution in [2.24, 2.45) is 5.41 Å². The van der Waals surface area contributed by atoms with Crippen LogP contribution >= 0.6 is 11.6 Å². The lowest BCUT2D eigenvalue weighted by atomic mass is 9.87. The normalized spacial score (nSPS) is 12.8. The standard InChI is InChI=1S/C19H25ClN2O3/c1-13(23)10-19(2,3)12-22-17(24)8-9-18-21-11-16(25-18)14-4-6-15(20)7-5-14/h4-7,11,13,23H,8-10,12H2,1-3H3,(H,22,24). The molecule has 0 aliphatic heterocycles. The number of aliphatic hydroxyl groups is 1. The van der Waals surface area contributed by atoms with E-state index in [0.717, 1.165) is 5.56 Å². The Hall–Kier alpha value is -1.85. The van der Waals surface area contributed by atoms with E-state index < -0.39 is 0 Å². The van der Waals surface area contributed by atoms with Gasteiger partial charge in [-0.25, -0.2) is 4.98 Å². The number of hydrogen-bond acceptors (Lipinski definition) is 4. The van der Waals surface area contributed by atoms with Gasteiger partial charge in [-0.15, -0.1) is 0 Å². The van der Waals surface area contributed by atoms with E-state index in [1.807, 2.05) is 26.0 Å². The van der Waals surface area contributed by atoms with Gasteiger partial charge in [0.25, 0.3) is 0 Å². The molecule has 0 aliphatic carbocycles. The number of halogens is 1. The van der Waals surface area contributed by atoms with Gasteiger partial charge in [0, 0.05) is 30.0 Å². The molecule has 0 radical (unpaired) electrons. The van der Waals surface area contributed by atoms with Gasteiger partial charge < -0.3 is 14.8 Å². The largest absolute Gasteiger partial charge is 0.441 e. The second-order valence-corrected chi connectivity index (χ2v) is 7.56. The number of rotatable bonds is 8. The molecule has 0 saturated heterocycles. The number of aromatic nitrogens is 1. The molecular weight excluding hydrogens is 340 g/mol. The molecule has 1 heterocycles. The maximum Gasteiger partial charge on any atom is 0.220 e. The van der Waals surface area contributed by atoms with E-state index in [1.165, 1.54) is 0 Å². The van der Waals surface area contributed by atoms with E-state index in [4.69, 9.17) is 16.0 Å². The molecule has 1 amide bonds. The smallest absolute Gasteiger partial charge is 0.220 e. The Bertz CT molecular complexity index is 693. The molecule has 6 heteroatoms. The Morgan fingerprint density at radius 2 is 2.04 bits per heavy atom. The fraction of sp³-hybridized carbons (Fsp3) is 0.474. The number of nitrogens with one attached hydrogen (secondary N) is 1. The molecule has 0 spiro atoms. The van der Waals surface area contributed by atoms with Crippen LogP contribution in [0.1, 0.15) is 39.5 Å². The summed E-state index contributed by atoms with van der Waals surface area (Å²) in [5, 5.41) is 13.1. The van der Waals surface area contributed by atoms with Crippen molar-refractivity contribution in [2.45, 2.75) is 46.1 Å². The second-order valence-electron chi connectivity index (χ2n) is 7.12. The maximum atomic E-state index is 12.0. The Balaban J connectivity index is 1.81. The zero-order valence-electron chi connectivity index (χ0n) is 14.9. The molecule has 2 rings (SSSR count). The molecule has 1 atom stereocenters. The van der Waals surface area contributed by atoms with Gasteiger partial charge >= 0.3 is 0 Å². The predicted molar refractivity (Wildman–Crippen MR) is 98.4 cm³/mol. The summed E-state index contributed by atoms with van der Waals surface area (Å²) in [5.74, 6) is 1.14. The van der Waals surface area contributed by atoms with Crippen molar-refractivity contribution in [3.8, 4) is 11.3 Å². The first-order valence-corrected chi connectivity index (χ1v) is 8.78. The molecule has 5 nitrogen and oxygen atoms in total. The Labute approximate surface area is 153 Å². The molecule has 1 aromatic carbocycles. The molecule has 25 heavy (non-hydrogen) atoms. The lowest BCUT2D eigenvalue weighted by Crippen LogP contribution is -2.35. The van der Waals surface area contributed by atoms with E-state index in [1.54, 1.807) is 25.3 Å². The van der Waals surface area contributed by atoms with Crippen LogP contribution in [0, 0.1) is 5.41 Å². The highest BCUT2D eigenvalue weighted by molar-refractivity contribution is 6.30. The van der Waals surface area contributed by atoms with E-state index in [-0.39, 0.29) is 17.4 Å². The van der Waals surface area contributed by atoms with Gasteiger partial charge in [0.05, 0.1) is 12.3 Å². The van der Waals surface area contributed by atoms with Gasteiger partial charge in [-0.05, 0) is 43.0 Å². The van der Waals surface area contributed by atoms with Crippen molar-refractivity contribution in [3.05, 3.63) is 41.4 Å². The summed E-state index contributed by atoms with van der Waals surface area (Å²) in [6, 6.07) is 7.32. The molecule has 0 fully saturated rings. The number of carbonyl (C=O) groups excluding carboxylic acids is 1. The maximum absolute atomic E-state index is 12.0. The summed E-state index contributed by atoms with van der Waals surface area (Å²) < 4.78 is 5.69. The highest BCUT2D eigenvalue weighted by Gasteiger charge is 2.21. The zero-order valence-corrected chi connectivity index (χ0v) is 15.6. The average Bonchev–Trinajstić information content (AvgIpc) is 2.99. The SMILES string of the molecule is CC(O)CC(C)(C)CNC(=O)CCc1ncc(-c2ccc(Cl)cc2)o1. The number of aryl methyl sites for hydroxylation is 1. The van der Waals surface area contributed by atoms with Crippen molar-refractivity contribution < 1.29 is 14.3 Å². The minimum atomic E-state index is -0.384. The van der Waals surface area contributed by atoms with Crippen LogP contribution in [0.5, 0.6) is 0 Å². The fourth-order valence-corrected chi connectivity index (χ4v) is 2.82. The number of oxazole rings is 1. The van der Waals surface area contributed by atoms with Crippen LogP contribution in [0.25, 0.3) is 11.3 Å². The first-order chi connectivity index (χ1) is 11.7. The number of carbonyl (C=O) groups is 1. The van der Waals surface area contributed by atoms with Crippen LogP contribution in [0.15, 0.2) is 34.9 Å². The van der Waals surface area contributed by atoms with Gasteiger partial charge in [-0.3, -0.25) is 4.79 Å². The quantitative estimate of drug-likeness (QED) is 0.746. The van der Waals surface area contributed by atoms with Crippen LogP contribution < -0.4 is 5.32 Å². The van der Waals surface area contributed by atoms with Crippen LogP contribution in [-0.2, 0) is 11.2 Å². The second kappa shape index (κ2) is 8.50. The molecule has 1 aromatic heterocycles. The van der Waals surface area contributed by atoms with Gasteiger partial charge in [0.15, 0.2) is 11.7 Å². The molecule has 136 valence electrons. The van der Waals surface area contributed by atoms with Crippen molar-refractivity contribution >= 4 is 17.5 Å². The van der Waals surface area contributed by atoms with Crippen molar-refractivity contribution in [1.29, 1.82) is 0 Å². The van der Waals surface area contributed by atoms with Crippen LogP contribution in [-0.4, -0.2) is 28.6 Å². The summed E-state index contributed by atoms with van der Waals surface area (Å²) in [6.07, 6.45) is 2.66. The summed E-state index contributed by atoms with van der Waals surface area (Å²) in [5.41, 5.74) is 0.751. The van der Waals surface area contributed by atoms with Gasteiger partial charge in [-0.1, -0.05) is 25.4 Å². The molecule has 2 N–H and O–H groups in total. The van der Waals surface area contributed by atoms with Crippen molar-refractivity contribution in [2.75, 3.05) is 6.54 Å². The fourth-order valence-electron chi connectivity index (χ4n) is 2.69. The topological polar surface area (TPSA) is 75.4 Å². The van der Waals surface area contributed by atoms with Gasteiger partial charge in [-0.2, -0.15) is 0 Å². The number of nitrogens with zero attached hydrogens (tertiary/aromatic N) is 1. The Kier molecular flexibility index (Phi) is 6.62. The minimum Gasteiger partial charge on any atom is -0.441 e. The van der Waals surface area contributed by atoms with Crippen molar-refractivity contribution in [3.63, 3.8) is 0 Å². The lowest BCUT2D eigenvalue weighted by molar-refractivity contribution is -0.121. The van der Waals surface area contributed by atoms with E-state index in [0.29, 0.717) is 42.5 Å². The Morgan fingerprint density at radius 1 is 1.36 bits per heavy atom. The molecule has 0 aliphatic rings. The van der Waals surface area contributed by atoms with E-state index >= 15 is 0 Å². The average molecular weight is 365 g/mol. The predicted octanol–water partition coefficient (Wildman–Crippen LogP) is 3.84. The summed E-state index contributed by atoms with van der Waals surface area (Å²) in [6.45, 7) is 6.32. The summed E-state index contributed by atoms with van der Waals surface area (Å²) >= 11 is 5.87. The molecule has 0 saturated carbocycles. The zero-order chi connectivity index (χ0) is 18.4. The Morgan fingerprint density at radius 3 is 2.68 bits per heavy atom. The molecule has 0 bridgehead atoms. The molecule has 1 unspecified atom stereocenters. The number of benzene rings is 1. The van der Waals surface area contributed by atoms with Gasteiger partial charge in [0.1, 0.15) is 0 Å². The first kappa shape index (κ1) is 19.5. The third kappa shape index (κ3) is 6.52. The van der Waals surface area contributed by atoms with E-state index in [9.17, 15) is 9.90 Å². The van der Waals surface area contributed by atoms with Crippen LogP contribution in [0.2, 0.25) is 5.02 Å².